The van der Waals surface area contributed by atoms with Gasteiger partial charge in [-0.15, -0.1) is 0 Å². The van der Waals surface area contributed by atoms with E-state index in [9.17, 15) is 24.3 Å². The summed E-state index contributed by atoms with van der Waals surface area (Å²) in [6, 6.07) is 0. The zero-order chi connectivity index (χ0) is 16.2. The van der Waals surface area contributed by atoms with Gasteiger partial charge >= 0.3 is 23.9 Å². The van der Waals surface area contributed by atoms with Crippen molar-refractivity contribution in [3.8, 4) is 0 Å². The van der Waals surface area contributed by atoms with Gasteiger partial charge < -0.3 is 19.3 Å². The van der Waals surface area contributed by atoms with E-state index in [1.165, 1.54) is 0 Å². The third-order valence-electron chi connectivity index (χ3n) is 3.82. The third-order valence-corrected chi connectivity index (χ3v) is 3.82. The van der Waals surface area contributed by atoms with Crippen LogP contribution in [0.25, 0.3) is 0 Å². The van der Waals surface area contributed by atoms with Crippen LogP contribution in [-0.2, 0) is 33.4 Å². The topological polar surface area (TPSA) is 116 Å². The molecule has 1 saturated carbocycles. The molecule has 0 saturated heterocycles. The average molecular weight is 302 g/mol. The number of rotatable bonds is 4. The molecular formula is C13H18O8. The molecule has 0 aromatic rings. The van der Waals surface area contributed by atoms with Gasteiger partial charge in [0.15, 0.2) is 0 Å². The zero-order valence-corrected chi connectivity index (χ0v) is 12.0. The summed E-state index contributed by atoms with van der Waals surface area (Å²) in [6.45, 7) is 0. The minimum absolute atomic E-state index is 0.129. The van der Waals surface area contributed by atoms with E-state index in [1.807, 2.05) is 0 Å². The van der Waals surface area contributed by atoms with Gasteiger partial charge in [0.25, 0.3) is 0 Å². The molecule has 21 heavy (non-hydrogen) atoms. The first kappa shape index (κ1) is 16.9. The summed E-state index contributed by atoms with van der Waals surface area (Å²) < 4.78 is 13.8. The minimum atomic E-state index is -1.22. The van der Waals surface area contributed by atoms with Crippen LogP contribution in [0.3, 0.4) is 0 Å². The lowest BCUT2D eigenvalue weighted by atomic mass is 9.68. The summed E-state index contributed by atoms with van der Waals surface area (Å²) in [7, 11) is 3.45. The highest BCUT2D eigenvalue weighted by molar-refractivity contribution is 5.87. The molecule has 0 spiro atoms. The molecule has 118 valence electrons. The van der Waals surface area contributed by atoms with Crippen LogP contribution in [-0.4, -0.2) is 50.3 Å². The van der Waals surface area contributed by atoms with Crippen molar-refractivity contribution in [3.63, 3.8) is 0 Å². The number of methoxy groups -OCH3 is 3. The highest BCUT2D eigenvalue weighted by Crippen LogP contribution is 2.40. The summed E-state index contributed by atoms with van der Waals surface area (Å²) in [5.41, 5.74) is 0. The molecule has 4 unspecified atom stereocenters. The van der Waals surface area contributed by atoms with Crippen molar-refractivity contribution in [2.24, 2.45) is 23.7 Å². The van der Waals surface area contributed by atoms with Crippen molar-refractivity contribution in [2.45, 2.75) is 12.8 Å². The first-order chi connectivity index (χ1) is 9.87. The van der Waals surface area contributed by atoms with E-state index in [1.54, 1.807) is 0 Å². The SMILES string of the molecule is COC(=O)C1CC(C(=O)OC)C(C(=O)OC)CC1C(=O)O. The fourth-order valence-corrected chi connectivity index (χ4v) is 2.71. The van der Waals surface area contributed by atoms with Gasteiger partial charge in [-0.2, -0.15) is 0 Å². The maximum Gasteiger partial charge on any atom is 0.309 e. The van der Waals surface area contributed by atoms with Crippen LogP contribution in [0.15, 0.2) is 0 Å². The molecule has 8 heteroatoms. The lowest BCUT2D eigenvalue weighted by Crippen LogP contribution is -2.45. The standard InChI is InChI=1S/C13H18O8/c1-19-11(16)7-5-9(13(18)21-3)8(12(17)20-2)4-6(7)10(14)15/h6-9H,4-5H2,1-3H3,(H,14,15). The second-order valence-corrected chi connectivity index (χ2v) is 4.81. The first-order valence-corrected chi connectivity index (χ1v) is 6.33. The van der Waals surface area contributed by atoms with Gasteiger partial charge in [-0.05, 0) is 12.8 Å². The number of carbonyl (C=O) groups is 4. The molecule has 0 radical (unpaired) electrons. The molecule has 1 aliphatic carbocycles. The Hall–Kier alpha value is -2.12. The van der Waals surface area contributed by atoms with Gasteiger partial charge in [0.2, 0.25) is 0 Å². The molecule has 4 atom stereocenters. The van der Waals surface area contributed by atoms with Crippen LogP contribution in [0.5, 0.6) is 0 Å². The molecule has 8 nitrogen and oxygen atoms in total. The van der Waals surface area contributed by atoms with Crippen LogP contribution in [0, 0.1) is 23.7 Å². The van der Waals surface area contributed by atoms with Crippen LogP contribution < -0.4 is 0 Å². The molecule has 0 aromatic carbocycles. The average Bonchev–Trinajstić information content (AvgIpc) is 2.50. The van der Waals surface area contributed by atoms with Crippen molar-refractivity contribution in [2.75, 3.05) is 21.3 Å². The number of esters is 3. The van der Waals surface area contributed by atoms with E-state index >= 15 is 0 Å². The van der Waals surface area contributed by atoms with Crippen molar-refractivity contribution >= 4 is 23.9 Å². The van der Waals surface area contributed by atoms with Crippen LogP contribution in [0.2, 0.25) is 0 Å². The van der Waals surface area contributed by atoms with E-state index in [4.69, 9.17) is 0 Å². The highest BCUT2D eigenvalue weighted by atomic mass is 16.5. The van der Waals surface area contributed by atoms with Crippen LogP contribution >= 0.6 is 0 Å². The summed E-state index contributed by atoms with van der Waals surface area (Å²) >= 11 is 0. The quantitative estimate of drug-likeness (QED) is 0.563. The molecular weight excluding hydrogens is 284 g/mol. The third kappa shape index (κ3) is 3.50. The molecule has 0 heterocycles. The van der Waals surface area contributed by atoms with E-state index in [0.717, 1.165) is 21.3 Å². The Balaban J connectivity index is 3.12. The Morgan fingerprint density at radius 1 is 0.714 bits per heavy atom. The molecule has 1 fully saturated rings. The molecule has 1 N–H and O–H groups in total. The molecule has 1 aliphatic rings. The lowest BCUT2D eigenvalue weighted by molar-refractivity contribution is -0.171. The Labute approximate surface area is 121 Å². The van der Waals surface area contributed by atoms with Crippen molar-refractivity contribution in [1.82, 2.24) is 0 Å². The summed E-state index contributed by atoms with van der Waals surface area (Å²) in [4.78, 5) is 46.6. The zero-order valence-electron chi connectivity index (χ0n) is 12.0. The number of carbonyl (C=O) groups excluding carboxylic acids is 3. The number of hydrogen-bond donors (Lipinski definition) is 1. The molecule has 0 bridgehead atoms. The predicted molar refractivity (Wildman–Crippen MR) is 66.9 cm³/mol. The van der Waals surface area contributed by atoms with E-state index < -0.39 is 47.5 Å². The van der Waals surface area contributed by atoms with E-state index in [0.29, 0.717) is 0 Å². The van der Waals surface area contributed by atoms with Crippen molar-refractivity contribution < 1.29 is 38.5 Å². The minimum Gasteiger partial charge on any atom is -0.481 e. The monoisotopic (exact) mass is 302 g/mol. The molecule has 0 amide bonds. The van der Waals surface area contributed by atoms with Gasteiger partial charge in [0, 0.05) is 0 Å². The maximum atomic E-state index is 11.8. The smallest absolute Gasteiger partial charge is 0.309 e. The van der Waals surface area contributed by atoms with Crippen LogP contribution in [0.4, 0.5) is 0 Å². The maximum absolute atomic E-state index is 11.8. The van der Waals surface area contributed by atoms with Crippen LogP contribution in [0.1, 0.15) is 12.8 Å². The summed E-state index contributed by atoms with van der Waals surface area (Å²) in [5, 5.41) is 9.23. The Bertz CT molecular complexity index is 443. The summed E-state index contributed by atoms with van der Waals surface area (Å²) in [6.07, 6.45) is -0.308. The fraction of sp³-hybridized carbons (Fsp3) is 0.692. The number of hydrogen-bond acceptors (Lipinski definition) is 7. The molecule has 0 aliphatic heterocycles. The first-order valence-electron chi connectivity index (χ1n) is 6.33. The Morgan fingerprint density at radius 3 is 1.29 bits per heavy atom. The van der Waals surface area contributed by atoms with Gasteiger partial charge in [-0.1, -0.05) is 0 Å². The van der Waals surface area contributed by atoms with Crippen molar-refractivity contribution in [1.29, 1.82) is 0 Å². The number of carboxylic acids is 1. The number of aliphatic carboxylic acids is 1. The van der Waals surface area contributed by atoms with Crippen molar-refractivity contribution in [3.05, 3.63) is 0 Å². The largest absolute Gasteiger partial charge is 0.481 e. The Kier molecular flexibility index (Phi) is 5.69. The van der Waals surface area contributed by atoms with Gasteiger partial charge in [0.05, 0.1) is 45.0 Å². The molecule has 0 aromatic heterocycles. The second-order valence-electron chi connectivity index (χ2n) is 4.81. The number of ether oxygens (including phenoxy) is 3. The second kappa shape index (κ2) is 7.05. The summed E-state index contributed by atoms with van der Waals surface area (Å²) in [5.74, 6) is -7.31. The van der Waals surface area contributed by atoms with E-state index in [2.05, 4.69) is 14.2 Å². The Morgan fingerprint density at radius 2 is 1.00 bits per heavy atom. The highest BCUT2D eigenvalue weighted by Gasteiger charge is 2.50. The normalized spacial score (nSPS) is 28.3. The van der Waals surface area contributed by atoms with Gasteiger partial charge in [-0.25, -0.2) is 0 Å². The predicted octanol–water partition coefficient (Wildman–Crippen LogP) is -0.151. The number of carboxylic acid groups (broad SMARTS) is 1. The van der Waals surface area contributed by atoms with Gasteiger partial charge in [0.1, 0.15) is 0 Å². The fourth-order valence-electron chi connectivity index (χ4n) is 2.71. The molecule has 1 rings (SSSR count). The van der Waals surface area contributed by atoms with Gasteiger partial charge in [-0.3, -0.25) is 19.2 Å². The van der Waals surface area contributed by atoms with E-state index in [-0.39, 0.29) is 12.8 Å². The lowest BCUT2D eigenvalue weighted by Gasteiger charge is -2.35.